The van der Waals surface area contributed by atoms with Crippen molar-refractivity contribution >= 4 is 23.9 Å². The van der Waals surface area contributed by atoms with Gasteiger partial charge in [-0.25, -0.2) is 0 Å². The quantitative estimate of drug-likeness (QED) is 0.469. The van der Waals surface area contributed by atoms with Crippen LogP contribution in [0.2, 0.25) is 0 Å². The van der Waals surface area contributed by atoms with Gasteiger partial charge in [0.2, 0.25) is 0 Å². The molecule has 0 aromatic carbocycles. The summed E-state index contributed by atoms with van der Waals surface area (Å²) in [6.45, 7) is 3.32. The van der Waals surface area contributed by atoms with E-state index >= 15 is 0 Å². The molecular formula is C15H22O8. The second-order valence-corrected chi connectivity index (χ2v) is 4.82. The molecule has 130 valence electrons. The number of carbonyl (C=O) groups is 4. The molecule has 0 aliphatic rings. The fourth-order valence-corrected chi connectivity index (χ4v) is 1.32. The van der Waals surface area contributed by atoms with Crippen molar-refractivity contribution in [3.05, 3.63) is 23.8 Å². The number of carboxylic acid groups (broad SMARTS) is 4. The van der Waals surface area contributed by atoms with Crippen LogP contribution >= 0.6 is 0 Å². The number of carboxylic acids is 4. The average Bonchev–Trinajstić information content (AvgIpc) is 2.35. The lowest BCUT2D eigenvalue weighted by molar-refractivity contribution is -0.138. The van der Waals surface area contributed by atoms with E-state index < -0.39 is 23.9 Å². The van der Waals surface area contributed by atoms with Crippen LogP contribution in [0.25, 0.3) is 0 Å². The summed E-state index contributed by atoms with van der Waals surface area (Å²) < 4.78 is 0. The first kappa shape index (κ1) is 22.6. The Kier molecular flexibility index (Phi) is 12.8. The van der Waals surface area contributed by atoms with Crippen molar-refractivity contribution in [1.82, 2.24) is 0 Å². The Labute approximate surface area is 133 Å². The van der Waals surface area contributed by atoms with Crippen molar-refractivity contribution in [1.29, 1.82) is 0 Å². The number of hydrogen-bond acceptors (Lipinski definition) is 4. The molecule has 0 aromatic heterocycles. The second-order valence-electron chi connectivity index (χ2n) is 4.82. The van der Waals surface area contributed by atoms with Crippen molar-refractivity contribution in [2.75, 3.05) is 0 Å². The number of hydrogen-bond donors (Lipinski definition) is 4. The molecule has 0 aromatic rings. The summed E-state index contributed by atoms with van der Waals surface area (Å²) in [5.74, 6) is -3.78. The van der Waals surface area contributed by atoms with Crippen molar-refractivity contribution < 1.29 is 39.6 Å². The number of rotatable bonds is 9. The van der Waals surface area contributed by atoms with E-state index in [0.29, 0.717) is 5.57 Å². The van der Waals surface area contributed by atoms with Crippen molar-refractivity contribution in [3.8, 4) is 0 Å². The monoisotopic (exact) mass is 330 g/mol. The van der Waals surface area contributed by atoms with Gasteiger partial charge in [-0.05, 0) is 12.8 Å². The lowest BCUT2D eigenvalue weighted by Crippen LogP contribution is -2.01. The fraction of sp³-hybridized carbons (Fsp3) is 0.467. The zero-order valence-electron chi connectivity index (χ0n) is 13.1. The van der Waals surface area contributed by atoms with E-state index in [1.165, 1.54) is 12.2 Å². The SMILES string of the molecule is C/C(=C\CC(=O)O)CC(=O)O.CC(/C=C/CC(=O)O)CC(=O)O. The van der Waals surface area contributed by atoms with Gasteiger partial charge >= 0.3 is 23.9 Å². The summed E-state index contributed by atoms with van der Waals surface area (Å²) in [4.78, 5) is 40.3. The summed E-state index contributed by atoms with van der Waals surface area (Å²) in [7, 11) is 0. The Hall–Kier alpha value is -2.64. The predicted octanol–water partition coefficient (Wildman–Crippen LogP) is 2.01. The van der Waals surface area contributed by atoms with E-state index in [9.17, 15) is 19.2 Å². The Balaban J connectivity index is 0. The highest BCUT2D eigenvalue weighted by Crippen LogP contribution is 2.03. The Morgan fingerprint density at radius 1 is 0.870 bits per heavy atom. The fourth-order valence-electron chi connectivity index (χ4n) is 1.32. The maximum absolute atomic E-state index is 10.2. The molecule has 8 nitrogen and oxygen atoms in total. The molecule has 0 amide bonds. The van der Waals surface area contributed by atoms with Crippen LogP contribution in [0.15, 0.2) is 23.8 Å². The minimum absolute atomic E-state index is 0.0378. The highest BCUT2D eigenvalue weighted by atomic mass is 16.4. The first-order valence-electron chi connectivity index (χ1n) is 6.74. The largest absolute Gasteiger partial charge is 0.481 e. The number of aliphatic carboxylic acids is 4. The van der Waals surface area contributed by atoms with Gasteiger partial charge in [-0.1, -0.05) is 30.7 Å². The second kappa shape index (κ2) is 13.1. The molecule has 1 atom stereocenters. The molecule has 0 fully saturated rings. The topological polar surface area (TPSA) is 149 Å². The van der Waals surface area contributed by atoms with Crippen molar-refractivity contribution in [3.63, 3.8) is 0 Å². The molecule has 0 spiro atoms. The van der Waals surface area contributed by atoms with Gasteiger partial charge in [0.05, 0.1) is 25.7 Å². The molecule has 1 unspecified atom stereocenters. The first-order valence-corrected chi connectivity index (χ1v) is 6.74. The van der Waals surface area contributed by atoms with E-state index in [1.807, 2.05) is 0 Å². The summed E-state index contributed by atoms with van der Waals surface area (Å²) in [6.07, 6.45) is 4.25. The van der Waals surface area contributed by atoms with Gasteiger partial charge in [-0.3, -0.25) is 19.2 Å². The van der Waals surface area contributed by atoms with Crippen LogP contribution in [0.1, 0.15) is 39.5 Å². The smallest absolute Gasteiger partial charge is 0.307 e. The maximum atomic E-state index is 10.2. The lowest BCUT2D eigenvalue weighted by atomic mass is 10.1. The zero-order chi connectivity index (χ0) is 18.4. The van der Waals surface area contributed by atoms with Crippen LogP contribution in [0.3, 0.4) is 0 Å². The maximum Gasteiger partial charge on any atom is 0.307 e. The molecule has 0 saturated carbocycles. The van der Waals surface area contributed by atoms with Crippen molar-refractivity contribution in [2.45, 2.75) is 39.5 Å². The third-order valence-corrected chi connectivity index (χ3v) is 2.31. The van der Waals surface area contributed by atoms with Gasteiger partial charge in [0.15, 0.2) is 0 Å². The van der Waals surface area contributed by atoms with Crippen LogP contribution in [-0.2, 0) is 19.2 Å². The highest BCUT2D eigenvalue weighted by Gasteiger charge is 2.03. The summed E-state index contributed by atoms with van der Waals surface area (Å²) in [5, 5.41) is 33.0. The molecular weight excluding hydrogens is 308 g/mol. The van der Waals surface area contributed by atoms with Gasteiger partial charge in [-0.15, -0.1) is 0 Å². The van der Waals surface area contributed by atoms with E-state index in [1.54, 1.807) is 19.9 Å². The summed E-state index contributed by atoms with van der Waals surface area (Å²) >= 11 is 0. The number of allylic oxidation sites excluding steroid dienone is 1. The molecule has 0 bridgehead atoms. The predicted molar refractivity (Wildman–Crippen MR) is 81.1 cm³/mol. The van der Waals surface area contributed by atoms with Crippen molar-refractivity contribution in [2.24, 2.45) is 5.92 Å². The first-order chi connectivity index (χ1) is 10.5. The molecule has 0 rings (SSSR count). The van der Waals surface area contributed by atoms with E-state index in [2.05, 4.69) is 0 Å². The molecule has 0 aliphatic carbocycles. The van der Waals surface area contributed by atoms with Gasteiger partial charge in [-0.2, -0.15) is 0 Å². The van der Waals surface area contributed by atoms with E-state index in [4.69, 9.17) is 20.4 Å². The van der Waals surface area contributed by atoms with Crippen LogP contribution in [0, 0.1) is 5.92 Å². The van der Waals surface area contributed by atoms with Crippen LogP contribution < -0.4 is 0 Å². The standard InChI is InChI=1S/C8H12O4.C7H10O4/c1-6(5-8(11)12)3-2-4-7(9)10;1-5(4-7(10)11)2-3-6(8)9/h2-3,6H,4-5H2,1H3,(H,9,10)(H,11,12);2H,3-4H2,1H3,(H,8,9)(H,10,11)/b3-2+;5-2+. The Morgan fingerprint density at radius 2 is 1.39 bits per heavy atom. The molecule has 4 N–H and O–H groups in total. The van der Waals surface area contributed by atoms with E-state index in [-0.39, 0.29) is 31.6 Å². The Bertz CT molecular complexity index is 476. The van der Waals surface area contributed by atoms with Gasteiger partial charge in [0, 0.05) is 0 Å². The normalized spacial score (nSPS) is 12.2. The van der Waals surface area contributed by atoms with Crippen LogP contribution in [-0.4, -0.2) is 44.3 Å². The van der Waals surface area contributed by atoms with E-state index in [0.717, 1.165) is 0 Å². The van der Waals surface area contributed by atoms with Gasteiger partial charge in [0.1, 0.15) is 0 Å². The van der Waals surface area contributed by atoms with Gasteiger partial charge in [0.25, 0.3) is 0 Å². The third kappa shape index (κ3) is 21.8. The minimum Gasteiger partial charge on any atom is -0.481 e. The average molecular weight is 330 g/mol. The third-order valence-electron chi connectivity index (χ3n) is 2.31. The molecule has 0 radical (unpaired) electrons. The minimum atomic E-state index is -0.949. The molecule has 0 saturated heterocycles. The van der Waals surface area contributed by atoms with Gasteiger partial charge < -0.3 is 20.4 Å². The molecule has 23 heavy (non-hydrogen) atoms. The zero-order valence-corrected chi connectivity index (χ0v) is 13.1. The van der Waals surface area contributed by atoms with Crippen LogP contribution in [0.4, 0.5) is 0 Å². The lowest BCUT2D eigenvalue weighted by Gasteiger charge is -1.99. The van der Waals surface area contributed by atoms with Crippen LogP contribution in [0.5, 0.6) is 0 Å². The Morgan fingerprint density at radius 3 is 1.78 bits per heavy atom. The molecule has 0 aliphatic heterocycles. The molecule has 8 heteroatoms. The summed E-state index contributed by atoms with van der Waals surface area (Å²) in [5.41, 5.74) is 0.569. The molecule has 0 heterocycles. The summed E-state index contributed by atoms with van der Waals surface area (Å²) in [6, 6.07) is 0. The highest BCUT2D eigenvalue weighted by molar-refractivity contribution is 5.71.